The van der Waals surface area contributed by atoms with E-state index < -0.39 is 0 Å². The highest BCUT2D eigenvalue weighted by atomic mass is 79.9. The molecule has 0 aliphatic carbocycles. The molecule has 3 nitrogen and oxygen atoms in total. The lowest BCUT2D eigenvalue weighted by Crippen LogP contribution is -1.97. The van der Waals surface area contributed by atoms with E-state index in [1.165, 1.54) is 0 Å². The van der Waals surface area contributed by atoms with Gasteiger partial charge in [0.25, 0.3) is 0 Å². The van der Waals surface area contributed by atoms with Crippen LogP contribution in [0.3, 0.4) is 0 Å². The van der Waals surface area contributed by atoms with E-state index in [9.17, 15) is 0 Å². The molecule has 0 amide bonds. The van der Waals surface area contributed by atoms with Gasteiger partial charge in [-0.15, -0.1) is 0 Å². The van der Waals surface area contributed by atoms with Crippen LogP contribution in [-0.4, -0.2) is 21.9 Å². The van der Waals surface area contributed by atoms with Gasteiger partial charge >= 0.3 is 0 Å². The zero-order chi connectivity index (χ0) is 10.5. The molecule has 0 saturated carbocycles. The van der Waals surface area contributed by atoms with Crippen molar-refractivity contribution in [2.75, 3.05) is 11.9 Å². The lowest BCUT2D eigenvalue weighted by atomic mass is 10.3. The fraction of sp³-hybridized carbons (Fsp3) is 0.364. The van der Waals surface area contributed by atoms with Gasteiger partial charge in [0, 0.05) is 11.4 Å². The van der Waals surface area contributed by atoms with Gasteiger partial charge in [-0.25, -0.2) is 4.98 Å². The Hall–Kier alpha value is -1.03. The lowest BCUT2D eigenvalue weighted by molar-refractivity contribution is 0.310. The molecule has 4 heteroatoms. The Kier molecular flexibility index (Phi) is 3.61. The summed E-state index contributed by atoms with van der Waals surface area (Å²) in [4.78, 5) is 7.22. The van der Waals surface area contributed by atoms with Crippen molar-refractivity contribution in [2.45, 2.75) is 12.8 Å². The number of aromatic amines is 1. The molecule has 80 valence electrons. The van der Waals surface area contributed by atoms with Gasteiger partial charge in [0.05, 0.1) is 24.0 Å². The van der Waals surface area contributed by atoms with E-state index in [2.05, 4.69) is 25.9 Å². The number of aromatic nitrogens is 2. The van der Waals surface area contributed by atoms with Crippen molar-refractivity contribution >= 4 is 27.0 Å². The molecule has 0 atom stereocenters. The molecule has 0 spiro atoms. The third-order valence-corrected chi connectivity index (χ3v) is 2.75. The van der Waals surface area contributed by atoms with Crippen LogP contribution in [0, 0.1) is 0 Å². The Balaban J connectivity index is 1.96. The monoisotopic (exact) mass is 268 g/mol. The van der Waals surface area contributed by atoms with Crippen LogP contribution in [0.1, 0.15) is 12.8 Å². The second-order valence-corrected chi connectivity index (χ2v) is 4.12. The molecule has 0 aliphatic rings. The van der Waals surface area contributed by atoms with Gasteiger partial charge in [-0.1, -0.05) is 15.9 Å². The second kappa shape index (κ2) is 5.16. The van der Waals surface area contributed by atoms with E-state index in [0.29, 0.717) is 0 Å². The zero-order valence-electron chi connectivity index (χ0n) is 8.37. The number of nitrogens with one attached hydrogen (secondary N) is 1. The van der Waals surface area contributed by atoms with Crippen LogP contribution >= 0.6 is 15.9 Å². The summed E-state index contributed by atoms with van der Waals surface area (Å²) in [5.41, 5.74) is 2.00. The number of hydrogen-bond donors (Lipinski definition) is 1. The fourth-order valence-corrected chi connectivity index (χ4v) is 1.79. The number of imidazole rings is 1. The number of ether oxygens (including phenoxy) is 1. The summed E-state index contributed by atoms with van der Waals surface area (Å²) in [6.45, 7) is 0.769. The van der Waals surface area contributed by atoms with Crippen molar-refractivity contribution in [3.8, 4) is 5.75 Å². The van der Waals surface area contributed by atoms with Gasteiger partial charge in [0.1, 0.15) is 5.75 Å². The molecule has 0 unspecified atom stereocenters. The number of benzene rings is 1. The van der Waals surface area contributed by atoms with Gasteiger partial charge in [-0.2, -0.15) is 0 Å². The standard InChI is InChI=1S/C11H13BrN2O/c12-5-1-2-6-15-9-3-4-10-11(7-9)14-8-13-10/h3-4,7-8H,1-2,5-6H2,(H,13,14). The van der Waals surface area contributed by atoms with Crippen molar-refractivity contribution in [1.29, 1.82) is 0 Å². The molecule has 0 aliphatic heterocycles. The molecule has 1 heterocycles. The third kappa shape index (κ3) is 2.72. The second-order valence-electron chi connectivity index (χ2n) is 3.33. The highest BCUT2D eigenvalue weighted by Gasteiger charge is 1.98. The number of H-pyrrole nitrogens is 1. The number of unbranched alkanes of at least 4 members (excludes halogenated alkanes) is 1. The van der Waals surface area contributed by atoms with Crippen LogP contribution in [0.15, 0.2) is 24.5 Å². The molecule has 2 aromatic rings. The predicted octanol–water partition coefficient (Wildman–Crippen LogP) is 3.12. The smallest absolute Gasteiger partial charge is 0.121 e. The summed E-state index contributed by atoms with van der Waals surface area (Å²) in [6, 6.07) is 5.90. The van der Waals surface area contributed by atoms with Gasteiger partial charge in [-0.05, 0) is 25.0 Å². The van der Waals surface area contributed by atoms with E-state index >= 15 is 0 Å². The lowest BCUT2D eigenvalue weighted by Gasteiger charge is -2.04. The number of fused-ring (bicyclic) bond motifs is 1. The normalized spacial score (nSPS) is 10.7. The van der Waals surface area contributed by atoms with E-state index in [4.69, 9.17) is 4.74 Å². The number of nitrogens with zero attached hydrogens (tertiary/aromatic N) is 1. The van der Waals surface area contributed by atoms with Crippen molar-refractivity contribution in [1.82, 2.24) is 9.97 Å². The molecule has 2 rings (SSSR count). The average Bonchev–Trinajstić information content (AvgIpc) is 2.71. The van der Waals surface area contributed by atoms with E-state index in [1.807, 2.05) is 18.2 Å². The summed E-state index contributed by atoms with van der Waals surface area (Å²) in [5, 5.41) is 1.04. The van der Waals surface area contributed by atoms with Crippen molar-refractivity contribution in [3.63, 3.8) is 0 Å². The number of rotatable bonds is 5. The molecule has 1 aromatic heterocycles. The Morgan fingerprint density at radius 3 is 3.13 bits per heavy atom. The maximum absolute atomic E-state index is 5.62. The minimum atomic E-state index is 0.769. The van der Waals surface area contributed by atoms with Crippen molar-refractivity contribution in [2.24, 2.45) is 0 Å². The first-order valence-corrected chi connectivity index (χ1v) is 6.14. The van der Waals surface area contributed by atoms with Crippen LogP contribution in [-0.2, 0) is 0 Å². The first kappa shape index (κ1) is 10.5. The Morgan fingerprint density at radius 2 is 2.27 bits per heavy atom. The summed E-state index contributed by atoms with van der Waals surface area (Å²) >= 11 is 3.39. The van der Waals surface area contributed by atoms with Gasteiger partial charge in [0.15, 0.2) is 0 Å². The minimum Gasteiger partial charge on any atom is -0.494 e. The quantitative estimate of drug-likeness (QED) is 0.669. The molecule has 0 saturated heterocycles. The highest BCUT2D eigenvalue weighted by Crippen LogP contribution is 2.17. The Labute approximate surface area is 97.0 Å². The molecule has 1 N–H and O–H groups in total. The molecule has 0 bridgehead atoms. The molecular formula is C11H13BrN2O. The summed E-state index contributed by atoms with van der Waals surface area (Å²) in [7, 11) is 0. The molecule has 0 fully saturated rings. The summed E-state index contributed by atoms with van der Waals surface area (Å²) in [6.07, 6.45) is 3.91. The first-order chi connectivity index (χ1) is 7.40. The Morgan fingerprint density at radius 1 is 1.33 bits per heavy atom. The number of hydrogen-bond acceptors (Lipinski definition) is 2. The van der Waals surface area contributed by atoms with E-state index in [0.717, 1.165) is 41.6 Å². The third-order valence-electron chi connectivity index (χ3n) is 2.19. The van der Waals surface area contributed by atoms with Crippen LogP contribution in [0.5, 0.6) is 5.75 Å². The van der Waals surface area contributed by atoms with Gasteiger partial charge in [0.2, 0.25) is 0 Å². The average molecular weight is 269 g/mol. The fourth-order valence-electron chi connectivity index (χ4n) is 1.39. The largest absolute Gasteiger partial charge is 0.494 e. The maximum atomic E-state index is 5.62. The van der Waals surface area contributed by atoms with Gasteiger partial charge in [-0.3, -0.25) is 0 Å². The summed E-state index contributed by atoms with van der Waals surface area (Å²) in [5.74, 6) is 0.904. The molecule has 0 radical (unpaired) electrons. The van der Waals surface area contributed by atoms with E-state index in [1.54, 1.807) is 6.33 Å². The molecular weight excluding hydrogens is 256 g/mol. The SMILES string of the molecule is BrCCCCOc1ccc2nc[nH]c2c1. The van der Waals surface area contributed by atoms with Crippen molar-refractivity contribution in [3.05, 3.63) is 24.5 Å². The molecule has 15 heavy (non-hydrogen) atoms. The van der Waals surface area contributed by atoms with Crippen LogP contribution < -0.4 is 4.74 Å². The number of halogens is 1. The van der Waals surface area contributed by atoms with E-state index in [-0.39, 0.29) is 0 Å². The maximum Gasteiger partial charge on any atom is 0.121 e. The predicted molar refractivity (Wildman–Crippen MR) is 64.6 cm³/mol. The molecule has 1 aromatic carbocycles. The first-order valence-electron chi connectivity index (χ1n) is 5.02. The van der Waals surface area contributed by atoms with Gasteiger partial charge < -0.3 is 9.72 Å². The van der Waals surface area contributed by atoms with Crippen LogP contribution in [0.25, 0.3) is 11.0 Å². The highest BCUT2D eigenvalue weighted by molar-refractivity contribution is 9.09. The number of alkyl halides is 1. The summed E-state index contributed by atoms with van der Waals surface area (Å²) < 4.78 is 5.62. The minimum absolute atomic E-state index is 0.769. The Bertz CT molecular complexity index is 427. The topological polar surface area (TPSA) is 37.9 Å². The van der Waals surface area contributed by atoms with Crippen molar-refractivity contribution < 1.29 is 4.74 Å². The van der Waals surface area contributed by atoms with Crippen LogP contribution in [0.2, 0.25) is 0 Å². The zero-order valence-corrected chi connectivity index (χ0v) is 9.96. The van der Waals surface area contributed by atoms with Crippen LogP contribution in [0.4, 0.5) is 0 Å².